The minimum Gasteiger partial charge on any atom is -0.507 e. The van der Waals surface area contributed by atoms with Crippen LogP contribution >= 0.6 is 11.3 Å². The van der Waals surface area contributed by atoms with Gasteiger partial charge in [0.1, 0.15) is 5.75 Å². The number of aromatic nitrogens is 1. The van der Waals surface area contributed by atoms with Crippen molar-refractivity contribution in [2.45, 2.75) is 77.3 Å². The number of nitrogens with one attached hydrogen (secondary N) is 2. The van der Waals surface area contributed by atoms with Crippen LogP contribution in [0.25, 0.3) is 11.3 Å². The average molecular weight is 416 g/mol. The molecule has 1 unspecified atom stereocenters. The average Bonchev–Trinajstić information content (AvgIpc) is 3.41. The molecule has 1 saturated heterocycles. The minimum absolute atomic E-state index is 0.0323. The Morgan fingerprint density at radius 3 is 2.86 bits per heavy atom. The van der Waals surface area contributed by atoms with E-state index in [1.807, 2.05) is 17.5 Å². The van der Waals surface area contributed by atoms with Crippen molar-refractivity contribution in [3.63, 3.8) is 0 Å². The van der Waals surface area contributed by atoms with E-state index in [1.165, 1.54) is 38.5 Å². The summed E-state index contributed by atoms with van der Waals surface area (Å²) in [5.41, 5.74) is 2.47. The first-order chi connectivity index (χ1) is 14.2. The van der Waals surface area contributed by atoms with E-state index < -0.39 is 0 Å². The molecule has 0 radical (unpaired) electrons. The number of hydrogen-bond donors (Lipinski definition) is 3. The maximum atomic E-state index is 12.1. The monoisotopic (exact) mass is 415 g/mol. The van der Waals surface area contributed by atoms with Gasteiger partial charge in [0, 0.05) is 17.5 Å². The number of aryl methyl sites for hydroxylation is 1. The number of unbranched alkanes of at least 4 members (excludes halogenated alkanes) is 5. The third-order valence-electron chi connectivity index (χ3n) is 5.48. The molecule has 6 heteroatoms. The summed E-state index contributed by atoms with van der Waals surface area (Å²) in [5.74, 6) is 0.247. The number of carbonyl (C=O) groups is 1. The SMILES string of the molecule is CCCCCCCCc1nc(-c2ccc(CNC(=O)C3CCCN3)cc2O)cs1. The maximum Gasteiger partial charge on any atom is 0.237 e. The summed E-state index contributed by atoms with van der Waals surface area (Å²) in [4.78, 5) is 16.8. The molecule has 29 heavy (non-hydrogen) atoms. The van der Waals surface area contributed by atoms with Crippen LogP contribution in [-0.2, 0) is 17.8 Å². The lowest BCUT2D eigenvalue weighted by Crippen LogP contribution is -2.39. The normalized spacial score (nSPS) is 16.2. The van der Waals surface area contributed by atoms with Crippen molar-refractivity contribution in [2.75, 3.05) is 6.54 Å². The van der Waals surface area contributed by atoms with Gasteiger partial charge in [0.05, 0.1) is 16.7 Å². The molecular formula is C23H33N3O2S. The van der Waals surface area contributed by atoms with Crippen molar-refractivity contribution in [3.05, 3.63) is 34.2 Å². The number of thiazole rings is 1. The van der Waals surface area contributed by atoms with Crippen molar-refractivity contribution in [1.29, 1.82) is 0 Å². The molecule has 1 aliphatic rings. The lowest BCUT2D eigenvalue weighted by molar-refractivity contribution is -0.122. The number of amides is 1. The second-order valence-electron chi connectivity index (χ2n) is 7.86. The summed E-state index contributed by atoms with van der Waals surface area (Å²) in [6, 6.07) is 5.49. The zero-order valence-electron chi connectivity index (χ0n) is 17.4. The van der Waals surface area contributed by atoms with E-state index in [0.29, 0.717) is 6.54 Å². The van der Waals surface area contributed by atoms with Crippen LogP contribution in [-0.4, -0.2) is 28.6 Å². The summed E-state index contributed by atoms with van der Waals surface area (Å²) in [6.07, 6.45) is 10.6. The number of carbonyl (C=O) groups excluding carboxylic acids is 1. The molecule has 1 aromatic carbocycles. The lowest BCUT2D eigenvalue weighted by atomic mass is 10.1. The molecule has 1 aromatic heterocycles. The van der Waals surface area contributed by atoms with Gasteiger partial charge in [-0.15, -0.1) is 11.3 Å². The molecule has 5 nitrogen and oxygen atoms in total. The summed E-state index contributed by atoms with van der Waals surface area (Å²) in [6.45, 7) is 3.57. The number of phenols is 1. The number of hydrogen-bond acceptors (Lipinski definition) is 5. The van der Waals surface area contributed by atoms with Crippen LogP contribution in [0.3, 0.4) is 0 Å². The second kappa shape index (κ2) is 11.3. The van der Waals surface area contributed by atoms with Crippen molar-refractivity contribution >= 4 is 17.2 Å². The summed E-state index contributed by atoms with van der Waals surface area (Å²) < 4.78 is 0. The van der Waals surface area contributed by atoms with Crippen LogP contribution in [0.5, 0.6) is 5.75 Å². The molecule has 2 aromatic rings. The predicted octanol–water partition coefficient (Wildman–Crippen LogP) is 4.79. The largest absolute Gasteiger partial charge is 0.507 e. The van der Waals surface area contributed by atoms with E-state index in [4.69, 9.17) is 4.98 Å². The molecule has 0 bridgehead atoms. The van der Waals surface area contributed by atoms with E-state index in [1.54, 1.807) is 17.4 Å². The van der Waals surface area contributed by atoms with E-state index >= 15 is 0 Å². The zero-order chi connectivity index (χ0) is 20.5. The van der Waals surface area contributed by atoms with Crippen LogP contribution in [0.15, 0.2) is 23.6 Å². The first-order valence-corrected chi connectivity index (χ1v) is 11.8. The second-order valence-corrected chi connectivity index (χ2v) is 8.81. The Labute approximate surface area is 178 Å². The molecule has 2 heterocycles. The quantitative estimate of drug-likeness (QED) is 0.462. The van der Waals surface area contributed by atoms with Gasteiger partial charge in [-0.3, -0.25) is 4.79 Å². The van der Waals surface area contributed by atoms with E-state index in [0.717, 1.165) is 47.6 Å². The van der Waals surface area contributed by atoms with E-state index in [2.05, 4.69) is 17.6 Å². The molecule has 1 atom stereocenters. The highest BCUT2D eigenvalue weighted by Crippen LogP contribution is 2.31. The van der Waals surface area contributed by atoms with Gasteiger partial charge in [-0.1, -0.05) is 45.1 Å². The fourth-order valence-corrected chi connectivity index (χ4v) is 4.57. The number of aromatic hydroxyl groups is 1. The molecule has 3 rings (SSSR count). The molecule has 3 N–H and O–H groups in total. The third kappa shape index (κ3) is 6.54. The fourth-order valence-electron chi connectivity index (χ4n) is 3.73. The Morgan fingerprint density at radius 1 is 1.28 bits per heavy atom. The van der Waals surface area contributed by atoms with E-state index in [-0.39, 0.29) is 17.7 Å². The standard InChI is InChI=1S/C23H33N3O2S/c1-2-3-4-5-6-7-10-22-26-20(16-29-22)18-12-11-17(14-21(18)27)15-25-23(28)19-9-8-13-24-19/h11-12,14,16,19,24,27H,2-10,13,15H2,1H3,(H,25,28). The molecule has 0 aliphatic carbocycles. The number of phenolic OH excluding ortho intramolecular Hbond substituents is 1. The first kappa shape index (κ1) is 21.8. The molecule has 0 spiro atoms. The lowest BCUT2D eigenvalue weighted by Gasteiger charge is -2.11. The van der Waals surface area contributed by atoms with Crippen molar-refractivity contribution < 1.29 is 9.90 Å². The number of nitrogens with zero attached hydrogens (tertiary/aromatic N) is 1. The minimum atomic E-state index is -0.0806. The van der Waals surface area contributed by atoms with Crippen LogP contribution in [0.1, 0.15) is 68.9 Å². The fraction of sp³-hybridized carbons (Fsp3) is 0.565. The van der Waals surface area contributed by atoms with Gasteiger partial charge in [-0.25, -0.2) is 4.98 Å². The van der Waals surface area contributed by atoms with Gasteiger partial charge in [-0.2, -0.15) is 0 Å². The Morgan fingerprint density at radius 2 is 2.10 bits per heavy atom. The van der Waals surface area contributed by atoms with Crippen LogP contribution in [0, 0.1) is 0 Å². The van der Waals surface area contributed by atoms with Crippen LogP contribution in [0.4, 0.5) is 0 Å². The van der Waals surface area contributed by atoms with Gasteiger partial charge in [0.2, 0.25) is 5.91 Å². The summed E-state index contributed by atoms with van der Waals surface area (Å²) >= 11 is 1.67. The zero-order valence-corrected chi connectivity index (χ0v) is 18.2. The molecule has 1 fully saturated rings. The van der Waals surface area contributed by atoms with Crippen LogP contribution in [0.2, 0.25) is 0 Å². The van der Waals surface area contributed by atoms with Gasteiger partial charge >= 0.3 is 0 Å². The Hall–Kier alpha value is -1.92. The van der Waals surface area contributed by atoms with E-state index in [9.17, 15) is 9.90 Å². The first-order valence-electron chi connectivity index (χ1n) is 10.9. The summed E-state index contributed by atoms with van der Waals surface area (Å²) in [5, 5.41) is 19.8. The Balaban J connectivity index is 1.49. The van der Waals surface area contributed by atoms with Crippen molar-refractivity contribution in [3.8, 4) is 17.0 Å². The van der Waals surface area contributed by atoms with Gasteiger partial charge in [-0.05, 0) is 49.9 Å². The molecule has 1 amide bonds. The molecule has 0 saturated carbocycles. The Kier molecular flexibility index (Phi) is 8.50. The third-order valence-corrected chi connectivity index (χ3v) is 6.39. The maximum absolute atomic E-state index is 12.1. The highest BCUT2D eigenvalue weighted by Gasteiger charge is 2.21. The molecular weight excluding hydrogens is 382 g/mol. The predicted molar refractivity (Wildman–Crippen MR) is 119 cm³/mol. The topological polar surface area (TPSA) is 74.2 Å². The van der Waals surface area contributed by atoms with Crippen molar-refractivity contribution in [1.82, 2.24) is 15.6 Å². The highest BCUT2D eigenvalue weighted by molar-refractivity contribution is 7.09. The Bertz CT molecular complexity index is 784. The smallest absolute Gasteiger partial charge is 0.237 e. The van der Waals surface area contributed by atoms with Gasteiger partial charge in [0.25, 0.3) is 0 Å². The number of rotatable bonds is 11. The summed E-state index contributed by atoms with van der Waals surface area (Å²) in [7, 11) is 0. The molecule has 158 valence electrons. The van der Waals surface area contributed by atoms with Gasteiger partial charge < -0.3 is 15.7 Å². The van der Waals surface area contributed by atoms with Crippen molar-refractivity contribution in [2.24, 2.45) is 0 Å². The highest BCUT2D eigenvalue weighted by atomic mass is 32.1. The molecule has 1 aliphatic heterocycles. The number of benzene rings is 1. The van der Waals surface area contributed by atoms with Crippen LogP contribution < -0.4 is 10.6 Å². The van der Waals surface area contributed by atoms with Gasteiger partial charge in [0.15, 0.2) is 0 Å².